The first-order valence-electron chi connectivity index (χ1n) is 13.6. The molecule has 3 nitrogen and oxygen atoms in total. The lowest BCUT2D eigenvalue weighted by Gasteiger charge is -2.65. The fraction of sp³-hybridized carbons (Fsp3) is 0.613. The van der Waals surface area contributed by atoms with Gasteiger partial charge in [0.1, 0.15) is 18.5 Å². The highest BCUT2D eigenvalue weighted by molar-refractivity contribution is 5.36. The summed E-state index contributed by atoms with van der Waals surface area (Å²) in [7, 11) is 0. The van der Waals surface area contributed by atoms with E-state index in [0.717, 1.165) is 24.5 Å². The molecule has 0 radical (unpaired) electrons. The Bertz CT molecular complexity index is 1010. The van der Waals surface area contributed by atoms with E-state index < -0.39 is 6.10 Å². The molecule has 34 heavy (non-hydrogen) atoms. The number of aliphatic hydroxyl groups excluding tert-OH is 1. The monoisotopic (exact) mass is 459 g/mol. The summed E-state index contributed by atoms with van der Waals surface area (Å²) in [6.45, 7) is 5.97. The Labute approximate surface area is 205 Å². The van der Waals surface area contributed by atoms with Crippen molar-refractivity contribution in [3.05, 3.63) is 65.2 Å². The largest absolute Gasteiger partial charge is 0.491 e. The topological polar surface area (TPSA) is 41.5 Å². The van der Waals surface area contributed by atoms with Crippen molar-refractivity contribution in [2.24, 2.45) is 16.7 Å². The maximum Gasteiger partial charge on any atom is 0.119 e. The van der Waals surface area contributed by atoms with Gasteiger partial charge >= 0.3 is 0 Å². The highest BCUT2D eigenvalue weighted by atomic mass is 16.5. The van der Waals surface area contributed by atoms with Gasteiger partial charge in [-0.25, -0.2) is 0 Å². The van der Waals surface area contributed by atoms with E-state index in [-0.39, 0.29) is 0 Å². The fourth-order valence-corrected chi connectivity index (χ4v) is 9.17. The van der Waals surface area contributed by atoms with Crippen molar-refractivity contribution in [2.75, 3.05) is 13.2 Å². The van der Waals surface area contributed by atoms with E-state index in [0.29, 0.717) is 35.4 Å². The van der Waals surface area contributed by atoms with Gasteiger partial charge in [-0.2, -0.15) is 0 Å². The number of ether oxygens (including phenoxy) is 1. The summed E-state index contributed by atoms with van der Waals surface area (Å²) in [5, 5.41) is 14.1. The maximum absolute atomic E-state index is 10.6. The van der Waals surface area contributed by atoms with Gasteiger partial charge in [-0.15, -0.1) is 0 Å². The molecule has 0 amide bonds. The molecule has 2 N–H and O–H groups in total. The van der Waals surface area contributed by atoms with Crippen LogP contribution in [0.2, 0.25) is 0 Å². The lowest BCUT2D eigenvalue weighted by molar-refractivity contribution is -0.110. The summed E-state index contributed by atoms with van der Waals surface area (Å²) < 4.78 is 6.00. The van der Waals surface area contributed by atoms with E-state index in [1.165, 1.54) is 61.6 Å². The Morgan fingerprint density at radius 3 is 2.44 bits per heavy atom. The minimum absolute atomic E-state index is 0.323. The molecule has 2 aromatic carbocycles. The zero-order chi connectivity index (χ0) is 23.4. The van der Waals surface area contributed by atoms with Crippen LogP contribution in [0.1, 0.15) is 87.9 Å². The summed E-state index contributed by atoms with van der Waals surface area (Å²) in [5.41, 5.74) is 5.77. The fourth-order valence-electron chi connectivity index (χ4n) is 9.17. The molecule has 3 heteroatoms. The summed E-state index contributed by atoms with van der Waals surface area (Å²) in [4.78, 5) is 0. The number of hydrogen-bond acceptors (Lipinski definition) is 3. The molecule has 4 saturated carbocycles. The van der Waals surface area contributed by atoms with Crippen LogP contribution in [-0.4, -0.2) is 24.4 Å². The first-order valence-corrected chi connectivity index (χ1v) is 13.6. The summed E-state index contributed by atoms with van der Waals surface area (Å²) in [6.07, 6.45) is 11.3. The van der Waals surface area contributed by atoms with Crippen LogP contribution in [0, 0.1) is 16.7 Å². The molecule has 5 aliphatic carbocycles. The van der Waals surface area contributed by atoms with Crippen LogP contribution in [0.3, 0.4) is 0 Å². The standard InChI is InChI=1S/C31H41NO2/c1-29-14-22-15-30(2,19-29)21-31(16-22,20-29)24-10-12-26(13-11-24)34-18-25(33)17-32-28-9-5-7-23-6-3-4-8-27(23)28/h3-4,6,8,10-13,22,25,28,32-33H,5,7,9,14-21H2,1-2H3/t22?,25?,28?,29-,30+,31?. The number of aryl methyl sites for hydroxylation is 1. The molecule has 4 fully saturated rings. The number of fused-ring (bicyclic) bond motifs is 1. The van der Waals surface area contributed by atoms with Crippen LogP contribution >= 0.6 is 0 Å². The lowest BCUT2D eigenvalue weighted by Crippen LogP contribution is -2.56. The van der Waals surface area contributed by atoms with Crippen molar-refractivity contribution in [3.8, 4) is 5.75 Å². The van der Waals surface area contributed by atoms with Crippen LogP contribution in [-0.2, 0) is 11.8 Å². The zero-order valence-corrected chi connectivity index (χ0v) is 21.0. The van der Waals surface area contributed by atoms with Crippen molar-refractivity contribution in [3.63, 3.8) is 0 Å². The molecule has 5 aliphatic rings. The molecule has 0 aromatic heterocycles. The molecule has 0 spiro atoms. The molecule has 0 heterocycles. The van der Waals surface area contributed by atoms with Gasteiger partial charge in [0.2, 0.25) is 0 Å². The highest BCUT2D eigenvalue weighted by Gasteiger charge is 2.60. The van der Waals surface area contributed by atoms with E-state index in [1.54, 1.807) is 0 Å². The average molecular weight is 460 g/mol. The minimum atomic E-state index is -0.517. The Morgan fingerprint density at radius 2 is 1.71 bits per heavy atom. The van der Waals surface area contributed by atoms with Crippen LogP contribution in [0.4, 0.5) is 0 Å². The first-order chi connectivity index (χ1) is 16.3. The van der Waals surface area contributed by atoms with Crippen molar-refractivity contribution in [2.45, 2.75) is 89.2 Å². The van der Waals surface area contributed by atoms with E-state index in [1.807, 2.05) is 0 Å². The molecule has 2 aromatic rings. The van der Waals surface area contributed by atoms with Crippen molar-refractivity contribution < 1.29 is 9.84 Å². The summed E-state index contributed by atoms with van der Waals surface area (Å²) >= 11 is 0. The molecule has 4 bridgehead atoms. The Morgan fingerprint density at radius 1 is 0.971 bits per heavy atom. The van der Waals surface area contributed by atoms with Crippen LogP contribution in [0.5, 0.6) is 5.75 Å². The number of rotatable bonds is 7. The van der Waals surface area contributed by atoms with Crippen molar-refractivity contribution >= 4 is 0 Å². The summed E-state index contributed by atoms with van der Waals surface area (Å²) in [6, 6.07) is 17.9. The van der Waals surface area contributed by atoms with Gasteiger partial charge < -0.3 is 15.2 Å². The van der Waals surface area contributed by atoms with Gasteiger partial charge in [0.25, 0.3) is 0 Å². The van der Waals surface area contributed by atoms with Crippen LogP contribution in [0.25, 0.3) is 0 Å². The molecule has 4 unspecified atom stereocenters. The van der Waals surface area contributed by atoms with E-state index >= 15 is 0 Å². The Hall–Kier alpha value is -1.84. The van der Waals surface area contributed by atoms with Gasteiger partial charge in [-0.1, -0.05) is 50.2 Å². The van der Waals surface area contributed by atoms with Crippen molar-refractivity contribution in [1.29, 1.82) is 0 Å². The number of hydrogen-bond donors (Lipinski definition) is 2. The second-order valence-electron chi connectivity index (χ2n) is 13.0. The first kappa shape index (κ1) is 22.6. The third kappa shape index (κ3) is 4.20. The van der Waals surface area contributed by atoms with E-state index in [9.17, 15) is 5.11 Å². The molecule has 182 valence electrons. The lowest BCUT2D eigenvalue weighted by atomic mass is 9.39. The second kappa shape index (κ2) is 8.38. The van der Waals surface area contributed by atoms with Gasteiger partial charge in [0.05, 0.1) is 0 Å². The van der Waals surface area contributed by atoms with Gasteiger partial charge in [0, 0.05) is 12.6 Å². The summed E-state index contributed by atoms with van der Waals surface area (Å²) in [5.74, 6) is 1.77. The maximum atomic E-state index is 10.6. The smallest absolute Gasteiger partial charge is 0.119 e. The Balaban J connectivity index is 1.05. The average Bonchev–Trinajstić information content (AvgIpc) is 2.79. The molecular weight excluding hydrogens is 418 g/mol. The normalized spacial score (nSPS) is 36.8. The predicted molar refractivity (Wildman–Crippen MR) is 137 cm³/mol. The van der Waals surface area contributed by atoms with E-state index in [4.69, 9.17) is 4.74 Å². The number of benzene rings is 2. The quantitative estimate of drug-likeness (QED) is 0.507. The third-order valence-electron chi connectivity index (χ3n) is 9.50. The molecule has 0 aliphatic heterocycles. The molecular formula is C31H41NO2. The second-order valence-corrected chi connectivity index (χ2v) is 13.0. The number of aliphatic hydroxyl groups is 1. The molecule has 7 rings (SSSR count). The number of nitrogens with one attached hydrogen (secondary N) is 1. The SMILES string of the molecule is C[C@]12CC3CC(c4ccc(OCC(O)CNC5CCCc6ccccc65)cc4)(C1)C[C@@](C)(C3)C2. The highest BCUT2D eigenvalue weighted by Crippen LogP contribution is 2.69. The van der Waals surface area contributed by atoms with Gasteiger partial charge in [-0.3, -0.25) is 0 Å². The Kier molecular flexibility index (Phi) is 5.57. The van der Waals surface area contributed by atoms with Crippen molar-refractivity contribution in [1.82, 2.24) is 5.32 Å². The third-order valence-corrected chi connectivity index (χ3v) is 9.50. The van der Waals surface area contributed by atoms with Gasteiger partial charge in [0.15, 0.2) is 0 Å². The van der Waals surface area contributed by atoms with Crippen LogP contribution < -0.4 is 10.1 Å². The van der Waals surface area contributed by atoms with Crippen LogP contribution in [0.15, 0.2) is 48.5 Å². The zero-order valence-electron chi connectivity index (χ0n) is 21.0. The molecule has 0 saturated heterocycles. The van der Waals surface area contributed by atoms with E-state index in [2.05, 4.69) is 67.7 Å². The molecule has 6 atom stereocenters. The van der Waals surface area contributed by atoms with Gasteiger partial charge in [-0.05, 0) is 109 Å². The minimum Gasteiger partial charge on any atom is -0.491 e. The predicted octanol–water partition coefficient (Wildman–Crippen LogP) is 6.34.